The molecule has 0 fully saturated rings. The molecule has 4 aromatic carbocycles. The Hall–Kier alpha value is -4.09. The van der Waals surface area contributed by atoms with Gasteiger partial charge in [-0.05, 0) is 24.3 Å². The van der Waals surface area contributed by atoms with Gasteiger partial charge in [0.25, 0.3) is 0 Å². The summed E-state index contributed by atoms with van der Waals surface area (Å²) in [5, 5.41) is 0. The second kappa shape index (κ2) is 14.9. The Balaban J connectivity index is 0.00000900. The minimum atomic E-state index is -6.13. The molecule has 4 aromatic rings. The fourth-order valence-corrected chi connectivity index (χ4v) is 6.07. The first-order valence-corrected chi connectivity index (χ1v) is 14.6. The van der Waals surface area contributed by atoms with Crippen LogP contribution in [0.2, 0.25) is 0 Å². The molecule has 0 aromatic heterocycles. The summed E-state index contributed by atoms with van der Waals surface area (Å²) in [4.78, 5) is 0. The Bertz CT molecular complexity index is 1700. The van der Waals surface area contributed by atoms with Crippen molar-refractivity contribution in [3.63, 3.8) is 0 Å². The van der Waals surface area contributed by atoms with E-state index in [0.717, 1.165) is 0 Å². The van der Waals surface area contributed by atoms with Crippen LogP contribution in [0.5, 0.6) is 0 Å². The number of hydrogen-bond donors (Lipinski definition) is 0. The summed E-state index contributed by atoms with van der Waals surface area (Å²) >= 11 is 0. The third-order valence-corrected chi connectivity index (χ3v) is 8.44. The van der Waals surface area contributed by atoms with E-state index in [1.807, 2.05) is 0 Å². The van der Waals surface area contributed by atoms with E-state index < -0.39 is 195 Å². The zero-order valence-corrected chi connectivity index (χ0v) is 29.3. The number of halogens is 24. The molecule has 0 aliphatic heterocycles. The second-order valence-electron chi connectivity index (χ2n) is 12.2. The van der Waals surface area contributed by atoms with Crippen molar-refractivity contribution in [2.24, 2.45) is 0 Å². The van der Waals surface area contributed by atoms with Crippen LogP contribution in [0.25, 0.3) is 0 Å². The Morgan fingerprint density at radius 3 is 0.397 bits per heavy atom. The van der Waals surface area contributed by atoms with Crippen molar-refractivity contribution >= 4 is 28.0 Å². The van der Waals surface area contributed by atoms with Gasteiger partial charge in [-0.15, -0.1) is 0 Å². The van der Waals surface area contributed by atoms with Crippen LogP contribution in [0.15, 0.2) is 72.8 Å². The van der Waals surface area contributed by atoms with E-state index in [4.69, 9.17) is 0 Å². The average molecular weight is 1060 g/mol. The van der Waals surface area contributed by atoms with Gasteiger partial charge in [-0.3, -0.25) is 0 Å². The maximum atomic E-state index is 14.2. The Morgan fingerprint density at radius 1 is 0.207 bits per heavy atom. The molecule has 0 heterocycles. The molecule has 58 heavy (non-hydrogen) atoms. The summed E-state index contributed by atoms with van der Waals surface area (Å²) in [5.41, 5.74) is -30.2. The van der Waals surface area contributed by atoms with E-state index in [-0.39, 0.29) is 20.1 Å². The van der Waals surface area contributed by atoms with Crippen LogP contribution in [-0.4, -0.2) is 6.15 Å². The number of alkyl halides is 24. The molecule has 321 valence electrons. The average Bonchev–Trinajstić information content (AvgIpc) is 3.01. The molecule has 4 rings (SSSR count). The smallest absolute Gasteiger partial charge is 0.194 e. The third kappa shape index (κ3) is 10.0. The maximum absolute atomic E-state index is 14.2. The topological polar surface area (TPSA) is 0 Å². The van der Waals surface area contributed by atoms with Gasteiger partial charge in [0, 0.05) is 20.1 Å². The van der Waals surface area contributed by atoms with Crippen molar-refractivity contribution in [2.75, 3.05) is 0 Å². The van der Waals surface area contributed by atoms with E-state index in [1.165, 1.54) is 0 Å². The maximum Gasteiger partial charge on any atom is 0.416 e. The summed E-state index contributed by atoms with van der Waals surface area (Å²) in [7, 11) is 0. The first-order valence-electron chi connectivity index (χ1n) is 14.6. The van der Waals surface area contributed by atoms with Crippen molar-refractivity contribution in [1.29, 1.82) is 0 Å². The Kier molecular flexibility index (Phi) is 12.4. The minimum Gasteiger partial charge on any atom is -0.194 e. The van der Waals surface area contributed by atoms with Gasteiger partial charge in [0.2, 0.25) is 0 Å². The molecule has 0 amide bonds. The standard InChI is InChI=1S/C32H12BF24.Ir/c34-25(35,36)13-1-14(26(37,38)39)6-21(5-13)33(22-7-15(27(40,41)42)2-16(8-22)28(43,44)45,23-9-17(29(46,47)48)3-18(10-23)30(49,50)51)24-11-19(31(52,53)54)4-20(12-24)32(55,56)57;/h1-12H;/q-1;. The van der Waals surface area contributed by atoms with Crippen molar-refractivity contribution in [2.45, 2.75) is 49.4 Å². The summed E-state index contributed by atoms with van der Waals surface area (Å²) < 4.78 is 341. The van der Waals surface area contributed by atoms with Gasteiger partial charge in [-0.2, -0.15) is 127 Å². The summed E-state index contributed by atoms with van der Waals surface area (Å²) in [6.45, 7) is 0. The van der Waals surface area contributed by atoms with E-state index in [0.29, 0.717) is 0 Å². The molecule has 0 saturated carbocycles. The van der Waals surface area contributed by atoms with E-state index >= 15 is 0 Å². The van der Waals surface area contributed by atoms with Gasteiger partial charge in [0.05, 0.1) is 44.5 Å². The van der Waals surface area contributed by atoms with Gasteiger partial charge < -0.3 is 0 Å². The minimum absolute atomic E-state index is 0. The molecule has 0 bridgehead atoms. The van der Waals surface area contributed by atoms with Gasteiger partial charge in [0.15, 0.2) is 0 Å². The molecule has 0 N–H and O–H groups in total. The van der Waals surface area contributed by atoms with Gasteiger partial charge >= 0.3 is 49.4 Å². The molecule has 26 heteroatoms. The fraction of sp³-hybridized carbons (Fsp3) is 0.250. The van der Waals surface area contributed by atoms with Crippen LogP contribution in [0.1, 0.15) is 44.5 Å². The molecule has 0 saturated heterocycles. The summed E-state index contributed by atoms with van der Waals surface area (Å²) in [6.07, 6.45) is -54.8. The van der Waals surface area contributed by atoms with Crippen molar-refractivity contribution in [3.8, 4) is 0 Å². The SMILES string of the molecule is FC(F)(F)c1cc([B-](c2cc(C(F)(F)F)cc(C(F)(F)F)c2)(c2cc(C(F)(F)F)cc(C(F)(F)F)c2)c2cc(C(F)(F)F)cc(C(F)(F)F)c2)cc(C(F)(F)F)c1.[Ir]. The molecule has 0 atom stereocenters. The first-order chi connectivity index (χ1) is 25.3. The third-order valence-electron chi connectivity index (χ3n) is 8.44. The zero-order valence-electron chi connectivity index (χ0n) is 26.9. The molecule has 0 unspecified atom stereocenters. The molecular formula is C32H12BF24Ir-. The molecule has 0 nitrogen and oxygen atoms in total. The Labute approximate surface area is 320 Å². The molecule has 0 aliphatic carbocycles. The van der Waals surface area contributed by atoms with Gasteiger partial charge in [0.1, 0.15) is 6.15 Å². The van der Waals surface area contributed by atoms with Crippen molar-refractivity contribution in [3.05, 3.63) is 117 Å². The quantitative estimate of drug-likeness (QED) is 0.141. The van der Waals surface area contributed by atoms with Gasteiger partial charge in [-0.25, -0.2) is 0 Å². The summed E-state index contributed by atoms with van der Waals surface area (Å²) in [5.74, 6) is 0. The van der Waals surface area contributed by atoms with E-state index in [9.17, 15) is 105 Å². The number of benzene rings is 4. The van der Waals surface area contributed by atoms with Crippen LogP contribution < -0.4 is 21.9 Å². The first kappa shape index (κ1) is 48.3. The molecule has 0 aliphatic rings. The normalized spacial score (nSPS) is 14.1. The van der Waals surface area contributed by atoms with Crippen molar-refractivity contribution < 1.29 is 125 Å². The predicted octanol–water partition coefficient (Wildman–Crippen LogP) is 11.2. The number of hydrogen-bond acceptors (Lipinski definition) is 0. The predicted molar refractivity (Wildman–Crippen MR) is 150 cm³/mol. The van der Waals surface area contributed by atoms with Crippen LogP contribution in [0.4, 0.5) is 105 Å². The van der Waals surface area contributed by atoms with Crippen LogP contribution in [0.3, 0.4) is 0 Å². The van der Waals surface area contributed by atoms with Crippen LogP contribution >= 0.6 is 0 Å². The fourth-order valence-electron chi connectivity index (χ4n) is 6.07. The van der Waals surface area contributed by atoms with Gasteiger partial charge in [-0.1, -0.05) is 48.5 Å². The van der Waals surface area contributed by atoms with E-state index in [2.05, 4.69) is 0 Å². The van der Waals surface area contributed by atoms with Crippen molar-refractivity contribution in [1.82, 2.24) is 0 Å². The summed E-state index contributed by atoms with van der Waals surface area (Å²) in [6, 6.07) is -8.81. The monoisotopic (exact) mass is 1060 g/mol. The van der Waals surface area contributed by atoms with Crippen LogP contribution in [0, 0.1) is 0 Å². The Morgan fingerprint density at radius 2 is 0.310 bits per heavy atom. The second-order valence-corrected chi connectivity index (χ2v) is 12.2. The van der Waals surface area contributed by atoms with E-state index in [1.54, 1.807) is 0 Å². The zero-order chi connectivity index (χ0) is 43.9. The molecule has 0 spiro atoms. The number of rotatable bonds is 4. The molecular weight excluding hydrogens is 1040 g/mol. The molecule has 1 radical (unpaired) electrons. The largest absolute Gasteiger partial charge is 0.416 e. The van der Waals surface area contributed by atoms with Crippen LogP contribution in [-0.2, 0) is 69.5 Å².